The first kappa shape index (κ1) is 34.7. The van der Waals surface area contributed by atoms with Gasteiger partial charge in [-0.05, 0) is 73.3 Å². The minimum Gasteiger partial charge on any atom is -0.463 e. The van der Waals surface area contributed by atoms with Crippen LogP contribution in [0.2, 0.25) is 0 Å². The van der Waals surface area contributed by atoms with Crippen LogP contribution in [0.15, 0.2) is 29.2 Å². The molecule has 6 rings (SSSR count). The van der Waals surface area contributed by atoms with E-state index in [0.29, 0.717) is 28.3 Å². The van der Waals surface area contributed by atoms with Crippen LogP contribution in [0, 0.1) is 11.3 Å². The summed E-state index contributed by atoms with van der Waals surface area (Å²) in [6, 6.07) is 5.83. The number of pyridine rings is 1. The van der Waals surface area contributed by atoms with E-state index >= 15 is 0 Å². The van der Waals surface area contributed by atoms with Crippen LogP contribution in [-0.4, -0.2) is 81.5 Å². The molecule has 4 heterocycles. The topological polar surface area (TPSA) is 147 Å². The zero-order chi connectivity index (χ0) is 34.3. The highest BCUT2D eigenvalue weighted by molar-refractivity contribution is 7.99. The number of hydrogen-bond donors (Lipinski definition) is 3. The van der Waals surface area contributed by atoms with Gasteiger partial charge in [0, 0.05) is 44.8 Å². The van der Waals surface area contributed by atoms with E-state index in [9.17, 15) is 26.8 Å². The Kier molecular flexibility index (Phi) is 9.84. The fourth-order valence-corrected chi connectivity index (χ4v) is 8.55. The standard InChI is InChI=1S/C33H44F2N6O5S2/c1-21(2)27(36)31(43)46-16-18-48(44,45)39-23-3-4-24(25(20-23)40-12-8-32(6-7-32)9-13-40)30(42)38-26-19-22-5-17-47-28(22)29(37-26)41-14-10-33(34,35)11-15-41/h3-4,19-21,27,39H,5-18,36H2,1-2H3,(H,37,38,42)/t27-/m1/s1. The summed E-state index contributed by atoms with van der Waals surface area (Å²) in [5.74, 6) is -2.48. The Morgan fingerprint density at radius 1 is 1.04 bits per heavy atom. The van der Waals surface area contributed by atoms with Gasteiger partial charge < -0.3 is 25.6 Å². The van der Waals surface area contributed by atoms with Gasteiger partial charge in [0.15, 0.2) is 0 Å². The Balaban J connectivity index is 1.20. The van der Waals surface area contributed by atoms with Crippen LogP contribution in [0.25, 0.3) is 0 Å². The number of hydrogen-bond acceptors (Lipinski definition) is 10. The van der Waals surface area contributed by atoms with Gasteiger partial charge in [-0.15, -0.1) is 11.8 Å². The Morgan fingerprint density at radius 3 is 2.40 bits per heavy atom. The monoisotopic (exact) mass is 706 g/mol. The summed E-state index contributed by atoms with van der Waals surface area (Å²) in [6.07, 6.45) is 4.73. The number of nitrogens with one attached hydrogen (secondary N) is 2. The van der Waals surface area contributed by atoms with Crippen LogP contribution in [0.5, 0.6) is 0 Å². The fraction of sp³-hybridized carbons (Fsp3) is 0.606. The molecule has 4 aliphatic rings. The average Bonchev–Trinajstić information content (AvgIpc) is 3.61. The highest BCUT2D eigenvalue weighted by Crippen LogP contribution is 2.54. The highest BCUT2D eigenvalue weighted by atomic mass is 32.2. The van der Waals surface area contributed by atoms with Crippen molar-refractivity contribution in [1.29, 1.82) is 0 Å². The van der Waals surface area contributed by atoms with Gasteiger partial charge >= 0.3 is 5.97 Å². The molecule has 1 aromatic heterocycles. The van der Waals surface area contributed by atoms with Crippen LogP contribution in [0.1, 0.15) is 68.3 Å². The van der Waals surface area contributed by atoms with E-state index in [1.54, 1.807) is 37.7 Å². The molecule has 1 atom stereocenters. The number of benzene rings is 1. The summed E-state index contributed by atoms with van der Waals surface area (Å²) in [5, 5.41) is 2.96. The molecular formula is C33H44F2N6O5S2. The number of halogens is 2. The van der Waals surface area contributed by atoms with E-state index in [1.165, 1.54) is 18.9 Å². The van der Waals surface area contributed by atoms with Crippen molar-refractivity contribution in [2.45, 2.75) is 75.7 Å². The third-order valence-electron chi connectivity index (χ3n) is 9.91. The minimum absolute atomic E-state index is 0.143. The van der Waals surface area contributed by atoms with Crippen molar-refractivity contribution in [3.63, 3.8) is 0 Å². The molecule has 262 valence electrons. The van der Waals surface area contributed by atoms with E-state index in [4.69, 9.17) is 15.5 Å². The zero-order valence-electron chi connectivity index (χ0n) is 27.4. The first-order valence-corrected chi connectivity index (χ1v) is 19.3. The fourth-order valence-electron chi connectivity index (χ4n) is 6.48. The normalized spacial score (nSPS) is 20.4. The minimum atomic E-state index is -3.89. The van der Waals surface area contributed by atoms with Crippen molar-refractivity contribution in [2.75, 3.05) is 64.1 Å². The highest BCUT2D eigenvalue weighted by Gasteiger charge is 2.45. The van der Waals surface area contributed by atoms with Crippen molar-refractivity contribution in [1.82, 2.24) is 4.98 Å². The first-order chi connectivity index (χ1) is 22.7. The summed E-state index contributed by atoms with van der Waals surface area (Å²) in [6.45, 7) is 5.06. The summed E-state index contributed by atoms with van der Waals surface area (Å²) in [4.78, 5) is 35.7. The van der Waals surface area contributed by atoms with Crippen LogP contribution in [0.3, 0.4) is 0 Å². The van der Waals surface area contributed by atoms with Crippen LogP contribution in [0.4, 0.5) is 31.8 Å². The maximum Gasteiger partial charge on any atom is 0.323 e. The number of aryl methyl sites for hydroxylation is 1. The lowest BCUT2D eigenvalue weighted by Crippen LogP contribution is -2.40. The lowest BCUT2D eigenvalue weighted by Gasteiger charge is -2.35. The molecule has 1 saturated carbocycles. The smallest absolute Gasteiger partial charge is 0.323 e. The number of sulfonamides is 1. The number of rotatable bonds is 11. The lowest BCUT2D eigenvalue weighted by molar-refractivity contribution is -0.145. The number of esters is 1. The molecular weight excluding hydrogens is 663 g/mol. The van der Waals surface area contributed by atoms with E-state index in [2.05, 4.69) is 14.9 Å². The number of ether oxygens (including phenoxy) is 1. The van der Waals surface area contributed by atoms with Crippen LogP contribution in [-0.2, 0) is 26.0 Å². The number of amides is 1. The molecule has 3 fully saturated rings. The van der Waals surface area contributed by atoms with Gasteiger partial charge in [-0.2, -0.15) is 0 Å². The van der Waals surface area contributed by atoms with Gasteiger partial charge in [-0.1, -0.05) is 13.8 Å². The number of nitrogens with zero attached hydrogens (tertiary/aromatic N) is 3. The van der Waals surface area contributed by atoms with Gasteiger partial charge in [0.05, 0.1) is 21.8 Å². The molecule has 1 aromatic carbocycles. The molecule has 2 saturated heterocycles. The quantitative estimate of drug-likeness (QED) is 0.277. The summed E-state index contributed by atoms with van der Waals surface area (Å²) in [5.41, 5.74) is 8.47. The molecule has 48 heavy (non-hydrogen) atoms. The van der Waals surface area contributed by atoms with Gasteiger partial charge in [-0.25, -0.2) is 22.2 Å². The number of anilines is 4. The first-order valence-electron chi connectivity index (χ1n) is 16.7. The number of thioether (sulfide) groups is 1. The third-order valence-corrected chi connectivity index (χ3v) is 12.3. The number of carbonyl (C=O) groups is 2. The average molecular weight is 707 g/mol. The molecule has 15 heteroatoms. The largest absolute Gasteiger partial charge is 0.463 e. The molecule has 3 aliphatic heterocycles. The van der Waals surface area contributed by atoms with E-state index in [0.717, 1.165) is 48.6 Å². The Hall–Kier alpha value is -3.17. The van der Waals surface area contributed by atoms with Crippen molar-refractivity contribution in [3.8, 4) is 0 Å². The molecule has 0 radical (unpaired) electrons. The SMILES string of the molecule is CC(C)[C@@H](N)C(=O)OCCS(=O)(=O)Nc1ccc(C(=O)Nc2cc3c(c(N4CCC(F)(F)CC4)n2)SCC3)c(N2CCC3(CC2)CC3)c1. The predicted octanol–water partition coefficient (Wildman–Crippen LogP) is 4.87. The van der Waals surface area contributed by atoms with E-state index in [-0.39, 0.29) is 44.1 Å². The molecule has 0 unspecified atom stereocenters. The molecule has 1 amide bonds. The Labute approximate surface area is 284 Å². The van der Waals surface area contributed by atoms with Crippen molar-refractivity contribution in [3.05, 3.63) is 35.4 Å². The molecule has 4 N–H and O–H groups in total. The zero-order valence-corrected chi connectivity index (χ0v) is 29.0. The van der Waals surface area contributed by atoms with Gasteiger partial charge in [0.1, 0.15) is 30.0 Å². The van der Waals surface area contributed by atoms with Gasteiger partial charge in [0.2, 0.25) is 10.0 Å². The van der Waals surface area contributed by atoms with E-state index in [1.807, 2.05) is 11.0 Å². The van der Waals surface area contributed by atoms with Crippen LogP contribution >= 0.6 is 11.8 Å². The number of alkyl halides is 2. The maximum absolute atomic E-state index is 13.9. The second-order valence-electron chi connectivity index (χ2n) is 13.8. The van der Waals surface area contributed by atoms with Gasteiger partial charge in [0.25, 0.3) is 11.8 Å². The van der Waals surface area contributed by atoms with E-state index < -0.39 is 39.6 Å². The second-order valence-corrected chi connectivity index (χ2v) is 16.7. The summed E-state index contributed by atoms with van der Waals surface area (Å²) in [7, 11) is -3.89. The maximum atomic E-state index is 13.9. The molecule has 2 aromatic rings. The summed E-state index contributed by atoms with van der Waals surface area (Å²) < 4.78 is 61.4. The van der Waals surface area contributed by atoms with Crippen molar-refractivity contribution in [2.24, 2.45) is 17.1 Å². The summed E-state index contributed by atoms with van der Waals surface area (Å²) >= 11 is 1.66. The van der Waals surface area contributed by atoms with Crippen LogP contribution < -0.4 is 25.6 Å². The number of piperidine rings is 2. The molecule has 11 nitrogen and oxygen atoms in total. The molecule has 1 aliphatic carbocycles. The molecule has 0 bridgehead atoms. The van der Waals surface area contributed by atoms with Crippen molar-refractivity contribution >= 4 is 56.7 Å². The van der Waals surface area contributed by atoms with Crippen molar-refractivity contribution < 1.29 is 31.5 Å². The number of carbonyl (C=O) groups excluding carboxylic acids is 2. The van der Waals surface area contributed by atoms with Gasteiger partial charge in [-0.3, -0.25) is 14.3 Å². The number of fused-ring (bicyclic) bond motifs is 1. The lowest BCUT2D eigenvalue weighted by atomic mass is 9.93. The number of aromatic nitrogens is 1. The number of nitrogens with two attached hydrogens (primary N) is 1. The second kappa shape index (κ2) is 13.6. The Morgan fingerprint density at radius 2 is 1.73 bits per heavy atom. The molecule has 1 spiro atoms. The third kappa shape index (κ3) is 7.99. The predicted molar refractivity (Wildman–Crippen MR) is 184 cm³/mol. The Bertz CT molecular complexity index is 1650.